The molecule has 2 atom stereocenters. The van der Waals surface area contributed by atoms with Gasteiger partial charge in [0.1, 0.15) is 5.82 Å². The molecule has 1 aromatic carbocycles. The van der Waals surface area contributed by atoms with E-state index in [2.05, 4.69) is 10.6 Å². The van der Waals surface area contributed by atoms with Crippen LogP contribution in [0.15, 0.2) is 29.8 Å². The summed E-state index contributed by atoms with van der Waals surface area (Å²) in [5.74, 6) is -2.42. The number of ketones is 1. The molecule has 2 N–H and O–H groups in total. The summed E-state index contributed by atoms with van der Waals surface area (Å²) in [6, 6.07) is 3.71. The Morgan fingerprint density at radius 1 is 1.29 bits per heavy atom. The van der Waals surface area contributed by atoms with Gasteiger partial charge in [0.15, 0.2) is 18.6 Å². The molecule has 0 aromatic heterocycles. The first-order valence-electron chi connectivity index (χ1n) is 9.76. The van der Waals surface area contributed by atoms with Gasteiger partial charge in [-0.25, -0.2) is 9.18 Å². The number of halogens is 1. The highest BCUT2D eigenvalue weighted by Crippen LogP contribution is 2.32. The lowest BCUT2D eigenvalue weighted by Gasteiger charge is -2.22. The molecule has 1 aromatic rings. The zero-order chi connectivity index (χ0) is 22.7. The van der Waals surface area contributed by atoms with Crippen LogP contribution >= 0.6 is 0 Å². The van der Waals surface area contributed by atoms with Gasteiger partial charge in [0.25, 0.3) is 0 Å². The summed E-state index contributed by atoms with van der Waals surface area (Å²) >= 11 is 0. The predicted molar refractivity (Wildman–Crippen MR) is 109 cm³/mol. The van der Waals surface area contributed by atoms with Crippen molar-refractivity contribution in [1.82, 2.24) is 10.6 Å². The van der Waals surface area contributed by atoms with Crippen LogP contribution in [-0.4, -0.2) is 49.1 Å². The molecule has 2 aliphatic rings. The predicted octanol–water partition coefficient (Wildman–Crippen LogP) is 1.50. The quantitative estimate of drug-likeness (QED) is 0.658. The molecule has 0 bridgehead atoms. The first-order chi connectivity index (χ1) is 14.7. The van der Waals surface area contributed by atoms with Gasteiger partial charge in [-0.05, 0) is 30.5 Å². The van der Waals surface area contributed by atoms with E-state index in [9.17, 15) is 23.6 Å². The fraction of sp³-hybridized carbons (Fsp3) is 0.364. The van der Waals surface area contributed by atoms with Gasteiger partial charge >= 0.3 is 11.9 Å². The molecule has 2 aliphatic heterocycles. The number of carbonyl (C=O) groups is 4. The van der Waals surface area contributed by atoms with E-state index in [1.165, 1.54) is 19.9 Å². The van der Waals surface area contributed by atoms with Crippen LogP contribution in [0.25, 0.3) is 11.1 Å². The number of hydrogen-bond donors (Lipinski definition) is 2. The second-order valence-electron chi connectivity index (χ2n) is 7.36. The van der Waals surface area contributed by atoms with Gasteiger partial charge in [-0.2, -0.15) is 0 Å². The lowest BCUT2D eigenvalue weighted by atomic mass is 9.93. The molecule has 0 radical (unpaired) electrons. The average Bonchev–Trinajstić information content (AvgIpc) is 2.98. The van der Waals surface area contributed by atoms with Crippen molar-refractivity contribution in [3.05, 3.63) is 46.8 Å². The maximum Gasteiger partial charge on any atom is 0.341 e. The second kappa shape index (κ2) is 9.22. The third kappa shape index (κ3) is 5.05. The van der Waals surface area contributed by atoms with Crippen LogP contribution in [0.3, 0.4) is 0 Å². The number of cyclic esters (lactones) is 1. The first-order valence-corrected chi connectivity index (χ1v) is 9.76. The summed E-state index contributed by atoms with van der Waals surface area (Å²) in [6.07, 6.45) is 1.25. The van der Waals surface area contributed by atoms with Crippen molar-refractivity contribution >= 4 is 34.8 Å². The summed E-state index contributed by atoms with van der Waals surface area (Å²) < 4.78 is 24.9. The molecule has 2 heterocycles. The maximum atomic E-state index is 15.0. The van der Waals surface area contributed by atoms with E-state index in [4.69, 9.17) is 9.47 Å². The summed E-state index contributed by atoms with van der Waals surface area (Å²) in [6.45, 7) is 4.27. The molecule has 9 heteroatoms. The Balaban J connectivity index is 1.84. The molecule has 8 nitrogen and oxygen atoms in total. The third-order valence-electron chi connectivity index (χ3n) is 5.05. The van der Waals surface area contributed by atoms with E-state index in [0.717, 1.165) is 0 Å². The van der Waals surface area contributed by atoms with Gasteiger partial charge in [0.2, 0.25) is 5.91 Å². The van der Waals surface area contributed by atoms with Crippen LogP contribution in [0.5, 0.6) is 0 Å². The number of carbonyl (C=O) groups excluding carboxylic acids is 4. The van der Waals surface area contributed by atoms with Gasteiger partial charge in [0.05, 0.1) is 11.6 Å². The Bertz CT molecular complexity index is 1010. The Morgan fingerprint density at radius 3 is 2.68 bits per heavy atom. The van der Waals surface area contributed by atoms with Crippen LogP contribution in [-0.2, 0) is 28.7 Å². The summed E-state index contributed by atoms with van der Waals surface area (Å²) in [4.78, 5) is 46.6. The number of esters is 2. The van der Waals surface area contributed by atoms with Crippen molar-refractivity contribution in [2.24, 2.45) is 0 Å². The van der Waals surface area contributed by atoms with E-state index in [1.807, 2.05) is 0 Å². The van der Waals surface area contributed by atoms with E-state index < -0.39 is 30.0 Å². The van der Waals surface area contributed by atoms with Crippen molar-refractivity contribution in [2.45, 2.75) is 39.5 Å². The van der Waals surface area contributed by atoms with Crippen molar-refractivity contribution in [3.63, 3.8) is 0 Å². The van der Waals surface area contributed by atoms with Gasteiger partial charge in [-0.15, -0.1) is 0 Å². The smallest absolute Gasteiger partial charge is 0.341 e. The average molecular weight is 430 g/mol. The summed E-state index contributed by atoms with van der Waals surface area (Å²) in [5.41, 5.74) is 1.99. The number of ether oxygens (including phenoxy) is 2. The molecule has 0 aliphatic carbocycles. The molecular weight excluding hydrogens is 407 g/mol. The van der Waals surface area contributed by atoms with E-state index in [1.54, 1.807) is 25.1 Å². The number of benzene rings is 1. The lowest BCUT2D eigenvalue weighted by Crippen LogP contribution is -2.40. The van der Waals surface area contributed by atoms with Gasteiger partial charge in [-0.3, -0.25) is 14.4 Å². The van der Waals surface area contributed by atoms with E-state index in [-0.39, 0.29) is 23.9 Å². The van der Waals surface area contributed by atoms with Crippen molar-refractivity contribution < 1.29 is 33.0 Å². The molecule has 0 saturated carbocycles. The molecule has 0 saturated heterocycles. The topological polar surface area (TPSA) is 111 Å². The SMILES string of the molecule is CC(=O)N[C@@H]1OC(=O)C(c2ccc(C3=CC(C(=O)COC(C)=O)NCC3)c(F)c2)=C1C. The first kappa shape index (κ1) is 22.4. The minimum Gasteiger partial charge on any atom is -0.458 e. The zero-order valence-electron chi connectivity index (χ0n) is 17.4. The molecular formula is C22H23FN2O6. The number of Topliss-reactive ketones (excluding diaryl/α,β-unsaturated/α-hetero) is 1. The van der Waals surface area contributed by atoms with E-state index in [0.29, 0.717) is 35.2 Å². The van der Waals surface area contributed by atoms with Gasteiger partial charge < -0.3 is 20.1 Å². The minimum absolute atomic E-state index is 0.206. The second-order valence-corrected chi connectivity index (χ2v) is 7.36. The Labute approximate surface area is 178 Å². The summed E-state index contributed by atoms with van der Waals surface area (Å²) in [5, 5.41) is 5.53. The van der Waals surface area contributed by atoms with Gasteiger partial charge in [0, 0.05) is 31.5 Å². The molecule has 0 fully saturated rings. The maximum absolute atomic E-state index is 15.0. The lowest BCUT2D eigenvalue weighted by molar-refractivity contribution is -0.146. The third-order valence-corrected chi connectivity index (χ3v) is 5.05. The van der Waals surface area contributed by atoms with Crippen LogP contribution in [0.4, 0.5) is 4.39 Å². The highest BCUT2D eigenvalue weighted by molar-refractivity contribution is 6.19. The van der Waals surface area contributed by atoms with Crippen LogP contribution < -0.4 is 10.6 Å². The molecule has 1 unspecified atom stereocenters. The number of hydrogen-bond acceptors (Lipinski definition) is 7. The fourth-order valence-electron chi connectivity index (χ4n) is 3.54. The highest BCUT2D eigenvalue weighted by atomic mass is 19.1. The minimum atomic E-state index is -0.876. The molecule has 1 amide bonds. The van der Waals surface area contributed by atoms with Crippen molar-refractivity contribution in [2.75, 3.05) is 13.2 Å². The molecule has 31 heavy (non-hydrogen) atoms. The number of nitrogens with one attached hydrogen (secondary N) is 2. The van der Waals surface area contributed by atoms with Crippen LogP contribution in [0, 0.1) is 5.82 Å². The van der Waals surface area contributed by atoms with Crippen molar-refractivity contribution in [1.29, 1.82) is 0 Å². The standard InChI is InChI=1S/C22H23FN2O6/c1-11-20(22(29)31-21(11)25-12(2)26)15-4-5-16(17(23)8-15)14-6-7-24-18(9-14)19(28)10-30-13(3)27/h4-5,8-9,18,21,24H,6-7,10H2,1-3H3,(H,25,26)/t18?,21-/m1/s1. The summed E-state index contributed by atoms with van der Waals surface area (Å²) in [7, 11) is 0. The van der Waals surface area contributed by atoms with Crippen LogP contribution in [0.1, 0.15) is 38.3 Å². The van der Waals surface area contributed by atoms with Gasteiger partial charge in [-0.1, -0.05) is 18.2 Å². The Kier molecular flexibility index (Phi) is 6.65. The highest BCUT2D eigenvalue weighted by Gasteiger charge is 2.33. The van der Waals surface area contributed by atoms with Crippen LogP contribution in [0.2, 0.25) is 0 Å². The largest absolute Gasteiger partial charge is 0.458 e. The molecule has 3 rings (SSSR count). The monoisotopic (exact) mass is 430 g/mol. The fourth-order valence-corrected chi connectivity index (χ4v) is 3.54. The van der Waals surface area contributed by atoms with Crippen molar-refractivity contribution in [3.8, 4) is 0 Å². The Hall–Kier alpha value is -3.33. The van der Waals surface area contributed by atoms with E-state index >= 15 is 0 Å². The normalized spacial score (nSPS) is 20.8. The molecule has 164 valence electrons. The number of rotatable bonds is 6. The Morgan fingerprint density at radius 2 is 2.03 bits per heavy atom. The number of amides is 1. The zero-order valence-corrected chi connectivity index (χ0v) is 17.4. The molecule has 0 spiro atoms.